The molecule has 2 amide bonds. The molecule has 0 unspecified atom stereocenters. The maximum Gasteiger partial charge on any atom is 0.227 e. The summed E-state index contributed by atoms with van der Waals surface area (Å²) in [4.78, 5) is 28.6. The normalized spacial score (nSPS) is 15.2. The predicted molar refractivity (Wildman–Crippen MR) is 98.5 cm³/mol. The fourth-order valence-corrected chi connectivity index (χ4v) is 3.05. The molecule has 2 rings (SSSR count). The topological polar surface area (TPSA) is 49.9 Å². The molecule has 1 saturated heterocycles. The average molecular weight is 346 g/mol. The number of carbonyl (C=O) groups excluding carboxylic acids is 2. The number of nitrogens with zero attached hydrogens (tertiary/aromatic N) is 2. The van der Waals surface area contributed by atoms with Crippen molar-refractivity contribution in [1.29, 1.82) is 0 Å². The van der Waals surface area contributed by atoms with E-state index < -0.39 is 0 Å². The van der Waals surface area contributed by atoms with Crippen LogP contribution in [0.1, 0.15) is 39.2 Å². The van der Waals surface area contributed by atoms with Crippen molar-refractivity contribution in [2.24, 2.45) is 5.92 Å². The van der Waals surface area contributed by atoms with Crippen LogP contribution >= 0.6 is 0 Å². The summed E-state index contributed by atoms with van der Waals surface area (Å²) in [5.41, 5.74) is 0.991. The van der Waals surface area contributed by atoms with Crippen molar-refractivity contribution in [2.75, 3.05) is 32.8 Å². The Morgan fingerprint density at radius 3 is 2.16 bits per heavy atom. The number of carbonyl (C=O) groups is 2. The molecule has 0 aromatic heterocycles. The van der Waals surface area contributed by atoms with Crippen LogP contribution in [0.3, 0.4) is 0 Å². The van der Waals surface area contributed by atoms with E-state index in [1.807, 2.05) is 41.0 Å². The molecule has 0 radical (unpaired) electrons. The SMILES string of the molecule is CCOc1ccc(CC(=O)N2CCCN(C(=O)CC(C)C)CC2)cc1. The number of hydrogen-bond donors (Lipinski definition) is 0. The second-order valence-electron chi connectivity index (χ2n) is 6.97. The van der Waals surface area contributed by atoms with Gasteiger partial charge in [0.1, 0.15) is 5.75 Å². The van der Waals surface area contributed by atoms with Crippen LogP contribution in [-0.2, 0) is 16.0 Å². The molecule has 1 aliphatic rings. The summed E-state index contributed by atoms with van der Waals surface area (Å²) in [6.07, 6.45) is 1.82. The highest BCUT2D eigenvalue weighted by atomic mass is 16.5. The quantitative estimate of drug-likeness (QED) is 0.796. The molecule has 138 valence electrons. The molecule has 1 aliphatic heterocycles. The largest absolute Gasteiger partial charge is 0.494 e. The van der Waals surface area contributed by atoms with E-state index in [9.17, 15) is 9.59 Å². The monoisotopic (exact) mass is 346 g/mol. The lowest BCUT2D eigenvalue weighted by atomic mass is 10.1. The molecular weight excluding hydrogens is 316 g/mol. The first-order chi connectivity index (χ1) is 12.0. The fourth-order valence-electron chi connectivity index (χ4n) is 3.05. The van der Waals surface area contributed by atoms with Crippen molar-refractivity contribution in [3.05, 3.63) is 29.8 Å². The smallest absolute Gasteiger partial charge is 0.227 e. The number of ether oxygens (including phenoxy) is 1. The Bertz CT molecular complexity index is 569. The van der Waals surface area contributed by atoms with Crippen LogP contribution in [-0.4, -0.2) is 54.4 Å². The minimum absolute atomic E-state index is 0.127. The van der Waals surface area contributed by atoms with Gasteiger partial charge < -0.3 is 14.5 Å². The van der Waals surface area contributed by atoms with Gasteiger partial charge in [0.05, 0.1) is 13.0 Å². The van der Waals surface area contributed by atoms with Crippen molar-refractivity contribution >= 4 is 11.8 Å². The molecule has 0 N–H and O–H groups in total. The molecule has 0 spiro atoms. The third-order valence-corrected chi connectivity index (χ3v) is 4.37. The van der Waals surface area contributed by atoms with Crippen LogP contribution < -0.4 is 4.74 Å². The van der Waals surface area contributed by atoms with Gasteiger partial charge in [-0.15, -0.1) is 0 Å². The third-order valence-electron chi connectivity index (χ3n) is 4.37. The van der Waals surface area contributed by atoms with Gasteiger partial charge in [0, 0.05) is 32.6 Å². The highest BCUT2D eigenvalue weighted by molar-refractivity contribution is 5.79. The Morgan fingerprint density at radius 1 is 1.00 bits per heavy atom. The van der Waals surface area contributed by atoms with Crippen molar-refractivity contribution in [1.82, 2.24) is 9.80 Å². The highest BCUT2D eigenvalue weighted by Crippen LogP contribution is 2.14. The fraction of sp³-hybridized carbons (Fsp3) is 0.600. The molecule has 0 atom stereocenters. The van der Waals surface area contributed by atoms with Crippen molar-refractivity contribution in [3.8, 4) is 5.75 Å². The molecule has 0 saturated carbocycles. The van der Waals surface area contributed by atoms with E-state index in [0.717, 1.165) is 30.8 Å². The van der Waals surface area contributed by atoms with Gasteiger partial charge in [-0.3, -0.25) is 9.59 Å². The van der Waals surface area contributed by atoms with E-state index in [-0.39, 0.29) is 11.8 Å². The van der Waals surface area contributed by atoms with Gasteiger partial charge in [0.2, 0.25) is 11.8 Å². The number of benzene rings is 1. The Labute approximate surface area is 150 Å². The summed E-state index contributed by atoms with van der Waals surface area (Å²) in [6.45, 7) is 9.44. The highest BCUT2D eigenvalue weighted by Gasteiger charge is 2.22. The molecule has 5 nitrogen and oxygen atoms in total. The summed E-state index contributed by atoms with van der Waals surface area (Å²) >= 11 is 0. The van der Waals surface area contributed by atoms with E-state index >= 15 is 0 Å². The lowest BCUT2D eigenvalue weighted by Gasteiger charge is -2.23. The lowest BCUT2D eigenvalue weighted by Crippen LogP contribution is -2.38. The molecule has 0 aliphatic carbocycles. The maximum atomic E-state index is 12.6. The van der Waals surface area contributed by atoms with Crippen molar-refractivity contribution < 1.29 is 14.3 Å². The first kappa shape index (κ1) is 19.3. The van der Waals surface area contributed by atoms with Crippen LogP contribution in [0.4, 0.5) is 0 Å². The first-order valence-corrected chi connectivity index (χ1v) is 9.27. The minimum Gasteiger partial charge on any atom is -0.494 e. The average Bonchev–Trinajstić information content (AvgIpc) is 2.82. The summed E-state index contributed by atoms with van der Waals surface area (Å²) in [6, 6.07) is 7.69. The molecule has 1 fully saturated rings. The summed E-state index contributed by atoms with van der Waals surface area (Å²) in [7, 11) is 0. The third kappa shape index (κ3) is 6.07. The summed E-state index contributed by atoms with van der Waals surface area (Å²) in [5.74, 6) is 1.53. The standard InChI is InChI=1S/C20H30N2O3/c1-4-25-18-8-6-17(7-9-18)15-20(24)22-11-5-10-21(12-13-22)19(23)14-16(2)3/h6-9,16H,4-5,10-15H2,1-3H3. The van der Waals surface area contributed by atoms with Crippen LogP contribution in [0, 0.1) is 5.92 Å². The van der Waals surface area contributed by atoms with Gasteiger partial charge in [0.15, 0.2) is 0 Å². The maximum absolute atomic E-state index is 12.6. The van der Waals surface area contributed by atoms with Crippen LogP contribution in [0.25, 0.3) is 0 Å². The Balaban J connectivity index is 1.86. The summed E-state index contributed by atoms with van der Waals surface area (Å²) in [5, 5.41) is 0. The van der Waals surface area contributed by atoms with E-state index in [2.05, 4.69) is 13.8 Å². The second kappa shape index (κ2) is 9.44. The van der Waals surface area contributed by atoms with Gasteiger partial charge in [-0.2, -0.15) is 0 Å². The molecule has 1 aromatic rings. The van der Waals surface area contributed by atoms with E-state index in [1.54, 1.807) is 0 Å². The summed E-state index contributed by atoms with van der Waals surface area (Å²) < 4.78 is 5.43. The Kier molecular flexibility index (Phi) is 7.29. The number of hydrogen-bond acceptors (Lipinski definition) is 3. The second-order valence-corrected chi connectivity index (χ2v) is 6.97. The van der Waals surface area contributed by atoms with Gasteiger partial charge >= 0.3 is 0 Å². The van der Waals surface area contributed by atoms with Crippen LogP contribution in [0.5, 0.6) is 5.75 Å². The van der Waals surface area contributed by atoms with Crippen molar-refractivity contribution in [3.63, 3.8) is 0 Å². The Hall–Kier alpha value is -2.04. The van der Waals surface area contributed by atoms with E-state index in [4.69, 9.17) is 4.74 Å². The van der Waals surface area contributed by atoms with Gasteiger partial charge in [-0.1, -0.05) is 26.0 Å². The van der Waals surface area contributed by atoms with Gasteiger partial charge in [-0.25, -0.2) is 0 Å². The Morgan fingerprint density at radius 2 is 1.60 bits per heavy atom. The molecule has 5 heteroatoms. The van der Waals surface area contributed by atoms with Gasteiger partial charge in [0.25, 0.3) is 0 Å². The van der Waals surface area contributed by atoms with E-state index in [0.29, 0.717) is 38.5 Å². The van der Waals surface area contributed by atoms with E-state index in [1.165, 1.54) is 0 Å². The lowest BCUT2D eigenvalue weighted by molar-refractivity contribution is -0.133. The molecule has 0 bridgehead atoms. The number of amides is 2. The minimum atomic E-state index is 0.127. The van der Waals surface area contributed by atoms with Crippen LogP contribution in [0.15, 0.2) is 24.3 Å². The zero-order chi connectivity index (χ0) is 18.2. The molecule has 1 heterocycles. The first-order valence-electron chi connectivity index (χ1n) is 9.27. The number of rotatable bonds is 6. The zero-order valence-corrected chi connectivity index (χ0v) is 15.7. The molecule has 25 heavy (non-hydrogen) atoms. The van der Waals surface area contributed by atoms with Crippen LogP contribution in [0.2, 0.25) is 0 Å². The zero-order valence-electron chi connectivity index (χ0n) is 15.7. The molecule has 1 aromatic carbocycles. The van der Waals surface area contributed by atoms with Crippen molar-refractivity contribution in [2.45, 2.75) is 40.0 Å². The predicted octanol–water partition coefficient (Wildman–Crippen LogP) is 2.73. The molecular formula is C20H30N2O3. The van der Waals surface area contributed by atoms with Gasteiger partial charge in [-0.05, 0) is 37.0 Å².